The molecule has 1 atom stereocenters. The van der Waals surface area contributed by atoms with Crippen molar-refractivity contribution < 1.29 is 42.9 Å². The third-order valence-electron chi connectivity index (χ3n) is 4.20. The van der Waals surface area contributed by atoms with Crippen molar-refractivity contribution in [3.63, 3.8) is 0 Å². The summed E-state index contributed by atoms with van der Waals surface area (Å²) in [6.45, 7) is 0. The summed E-state index contributed by atoms with van der Waals surface area (Å²) in [5.41, 5.74) is 1.20. The molecule has 32 heavy (non-hydrogen) atoms. The second kappa shape index (κ2) is 11.9. The van der Waals surface area contributed by atoms with Crippen LogP contribution < -0.4 is 23.7 Å². The van der Waals surface area contributed by atoms with Crippen LogP contribution in [0.3, 0.4) is 0 Å². The zero-order valence-electron chi connectivity index (χ0n) is 18.1. The van der Waals surface area contributed by atoms with Gasteiger partial charge >= 0.3 is 11.9 Å². The summed E-state index contributed by atoms with van der Waals surface area (Å²) in [6, 6.07) is 8.08. The summed E-state index contributed by atoms with van der Waals surface area (Å²) in [6.07, 6.45) is 0.845. The number of hydrogen-bond acceptors (Lipinski definition) is 8. The number of esters is 1. The molecule has 2 rings (SSSR count). The van der Waals surface area contributed by atoms with E-state index in [0.29, 0.717) is 28.4 Å². The summed E-state index contributed by atoms with van der Waals surface area (Å²) in [5.74, 6) is -0.283. The number of aliphatic carboxylic acids is 1. The van der Waals surface area contributed by atoms with Crippen molar-refractivity contribution in [2.75, 3.05) is 28.4 Å². The molecule has 0 spiro atoms. The van der Waals surface area contributed by atoms with Crippen molar-refractivity contribution >= 4 is 29.2 Å². The molecule has 0 heterocycles. The Bertz CT molecular complexity index is 962. The van der Waals surface area contributed by atoms with E-state index in [1.165, 1.54) is 39.9 Å². The monoisotopic (exact) mass is 464 g/mol. The van der Waals surface area contributed by atoms with Gasteiger partial charge in [-0.3, -0.25) is 9.59 Å². The zero-order valence-corrected chi connectivity index (χ0v) is 18.9. The van der Waals surface area contributed by atoms with Crippen LogP contribution in [0.1, 0.15) is 17.5 Å². The molecule has 2 aromatic carbocycles. The first-order valence-electron chi connectivity index (χ1n) is 9.26. The Morgan fingerprint density at radius 2 is 1.56 bits per heavy atom. The number of carbonyl (C=O) groups excluding carboxylic acids is 1. The lowest BCUT2D eigenvalue weighted by molar-refractivity contribution is -0.145. The third kappa shape index (κ3) is 6.82. The average Bonchev–Trinajstić information content (AvgIpc) is 2.76. The van der Waals surface area contributed by atoms with Crippen molar-refractivity contribution in [3.05, 3.63) is 46.9 Å². The van der Waals surface area contributed by atoms with Crippen LogP contribution in [0.15, 0.2) is 35.7 Å². The molecule has 0 saturated heterocycles. The van der Waals surface area contributed by atoms with Crippen molar-refractivity contribution in [2.24, 2.45) is 0 Å². The van der Waals surface area contributed by atoms with Crippen LogP contribution in [-0.4, -0.2) is 50.0 Å². The highest BCUT2D eigenvalue weighted by molar-refractivity contribution is 7.93. The molecule has 0 aliphatic carbocycles. The van der Waals surface area contributed by atoms with Crippen LogP contribution in [0.5, 0.6) is 28.7 Å². The van der Waals surface area contributed by atoms with Gasteiger partial charge in [0.15, 0.2) is 11.5 Å². The number of ether oxygens (including phenoxy) is 5. The Hall–Kier alpha value is -3.37. The normalized spacial score (nSPS) is 11.7. The molecule has 0 aliphatic heterocycles. The molecule has 0 fully saturated rings. The highest BCUT2D eigenvalue weighted by Crippen LogP contribution is 2.35. The molecule has 0 amide bonds. The van der Waals surface area contributed by atoms with Crippen molar-refractivity contribution in [1.82, 2.24) is 0 Å². The second-order valence-corrected chi connectivity index (χ2v) is 7.63. The lowest BCUT2D eigenvalue weighted by atomic mass is 10.1. The number of carbonyl (C=O) groups is 2. The molecule has 2 aromatic rings. The number of rotatable bonds is 11. The molecule has 0 saturated carbocycles. The number of hydrogen-bond donors (Lipinski definition) is 1. The van der Waals surface area contributed by atoms with Crippen LogP contribution in [0, 0.1) is 0 Å². The molecule has 0 radical (unpaired) electrons. The summed E-state index contributed by atoms with van der Waals surface area (Å²) in [4.78, 5) is 22.4. The first-order valence-corrected chi connectivity index (χ1v) is 10.6. The number of carboxylic acids is 1. The van der Waals surface area contributed by atoms with Gasteiger partial charge in [-0.25, -0.2) is 0 Å². The van der Waals surface area contributed by atoms with Crippen LogP contribution >= 0.6 is 0 Å². The molecular weight excluding hydrogens is 440 g/mol. The topological polar surface area (TPSA) is 124 Å². The molecule has 0 bridgehead atoms. The first-order chi connectivity index (χ1) is 15.3. The predicted octanol–water partition coefficient (Wildman–Crippen LogP) is 3.02. The van der Waals surface area contributed by atoms with Gasteiger partial charge in [0, 0.05) is 23.8 Å². The minimum absolute atomic E-state index is 0.0516. The summed E-state index contributed by atoms with van der Waals surface area (Å²) >= 11 is -1.44. The standard InChI is InChI=1S/C22H24O9S/c1-27-15-10-18(29-3)16(19(11-15)30-4)7-8-32(26)13-14-5-6-17(28-2)20(9-14)31-22(25)12-21(23)24/h5-11H,12-13H2,1-4H3,(H,23,24)/b8-7+. The molecule has 9 nitrogen and oxygen atoms in total. The van der Waals surface area contributed by atoms with Gasteiger partial charge in [0.1, 0.15) is 34.8 Å². The predicted molar refractivity (Wildman–Crippen MR) is 118 cm³/mol. The van der Waals surface area contributed by atoms with Crippen LogP contribution in [0.2, 0.25) is 0 Å². The number of benzene rings is 2. The van der Waals surface area contributed by atoms with Crippen LogP contribution in [0.25, 0.3) is 6.08 Å². The van der Waals surface area contributed by atoms with Gasteiger partial charge in [-0.15, -0.1) is 0 Å². The fraction of sp³-hybridized carbons (Fsp3) is 0.273. The van der Waals surface area contributed by atoms with E-state index in [0.717, 1.165) is 0 Å². The SMILES string of the molecule is COc1cc(OC)c(/C=C/[S+]([O-])Cc2ccc(OC)c(OC(=O)CC(=O)O)c2)c(OC)c1. The van der Waals surface area contributed by atoms with Crippen LogP contribution in [0.4, 0.5) is 0 Å². The van der Waals surface area contributed by atoms with Gasteiger partial charge in [-0.2, -0.15) is 0 Å². The van der Waals surface area contributed by atoms with Gasteiger partial charge in [-0.1, -0.05) is 6.07 Å². The Kier molecular flexibility index (Phi) is 9.23. The molecular formula is C22H24O9S. The maximum absolute atomic E-state index is 12.6. The Morgan fingerprint density at radius 1 is 0.938 bits per heavy atom. The molecule has 0 aliphatic rings. The van der Waals surface area contributed by atoms with E-state index < -0.39 is 29.5 Å². The van der Waals surface area contributed by atoms with Crippen LogP contribution in [-0.2, 0) is 26.5 Å². The number of methoxy groups -OCH3 is 4. The van der Waals surface area contributed by atoms with E-state index in [1.807, 2.05) is 0 Å². The Balaban J connectivity index is 2.20. The maximum Gasteiger partial charge on any atom is 0.322 e. The van der Waals surface area contributed by atoms with E-state index in [-0.39, 0.29) is 17.3 Å². The highest BCUT2D eigenvalue weighted by Gasteiger charge is 2.16. The van der Waals surface area contributed by atoms with E-state index in [4.69, 9.17) is 28.8 Å². The Labute approximate surface area is 188 Å². The molecule has 1 N–H and O–H groups in total. The maximum atomic E-state index is 12.6. The number of carboxylic acid groups (broad SMARTS) is 1. The van der Waals surface area contributed by atoms with Gasteiger partial charge < -0.3 is 33.3 Å². The van der Waals surface area contributed by atoms with Crippen molar-refractivity contribution in [1.29, 1.82) is 0 Å². The van der Waals surface area contributed by atoms with Crippen molar-refractivity contribution in [3.8, 4) is 28.7 Å². The summed E-state index contributed by atoms with van der Waals surface area (Å²) in [7, 11) is 5.93. The average molecular weight is 464 g/mol. The van der Waals surface area contributed by atoms with E-state index in [9.17, 15) is 14.1 Å². The lowest BCUT2D eigenvalue weighted by Gasteiger charge is -2.13. The fourth-order valence-corrected chi connectivity index (χ4v) is 3.62. The third-order valence-corrected chi connectivity index (χ3v) is 5.25. The van der Waals surface area contributed by atoms with Gasteiger partial charge in [0.25, 0.3) is 0 Å². The van der Waals surface area contributed by atoms with Gasteiger partial charge in [0.2, 0.25) is 0 Å². The highest BCUT2D eigenvalue weighted by atomic mass is 32.2. The quantitative estimate of drug-likeness (QED) is 0.231. The minimum atomic E-state index is -1.44. The van der Waals surface area contributed by atoms with Gasteiger partial charge in [0.05, 0.1) is 34.0 Å². The second-order valence-electron chi connectivity index (χ2n) is 6.30. The Morgan fingerprint density at radius 3 is 2.09 bits per heavy atom. The van der Waals surface area contributed by atoms with E-state index in [1.54, 1.807) is 30.3 Å². The molecule has 172 valence electrons. The van der Waals surface area contributed by atoms with E-state index >= 15 is 0 Å². The zero-order chi connectivity index (χ0) is 23.7. The van der Waals surface area contributed by atoms with Gasteiger partial charge in [-0.05, 0) is 23.3 Å². The lowest BCUT2D eigenvalue weighted by Crippen LogP contribution is -2.14. The molecule has 0 aromatic heterocycles. The summed E-state index contributed by atoms with van der Waals surface area (Å²) < 4.78 is 38.8. The van der Waals surface area contributed by atoms with E-state index in [2.05, 4.69) is 0 Å². The van der Waals surface area contributed by atoms with Crippen molar-refractivity contribution in [2.45, 2.75) is 12.2 Å². The largest absolute Gasteiger partial charge is 0.612 e. The summed E-state index contributed by atoms with van der Waals surface area (Å²) in [5, 5.41) is 10.2. The first kappa shape index (κ1) is 24.9. The molecule has 10 heteroatoms. The minimum Gasteiger partial charge on any atom is -0.612 e. The fourth-order valence-electron chi connectivity index (χ4n) is 2.73. The smallest absolute Gasteiger partial charge is 0.322 e. The molecule has 1 unspecified atom stereocenters.